The number of nitrogens with one attached hydrogen (secondary N) is 2. The summed E-state index contributed by atoms with van der Waals surface area (Å²) in [5.74, 6) is -1.02. The predicted molar refractivity (Wildman–Crippen MR) is 96.6 cm³/mol. The molecule has 0 heterocycles. The zero-order valence-electron chi connectivity index (χ0n) is 13.8. The Kier molecular flexibility index (Phi) is 6.09. The molecule has 0 fully saturated rings. The van der Waals surface area contributed by atoms with Gasteiger partial charge in [0.2, 0.25) is 0 Å². The molecule has 2 N–H and O–H groups in total. The standard InChI is InChI=1S/C18H20F2N2OS/c1-11-4-6-15(8-12(11)2)23-10-13(3)21-18(24)22-14-5-7-16(19)17(20)9-14/h4-9,13H,10H2,1-3H3,(H2,21,22,24). The molecule has 6 heteroatoms. The van der Waals surface area contributed by atoms with Gasteiger partial charge in [0.25, 0.3) is 0 Å². The highest BCUT2D eigenvalue weighted by atomic mass is 32.1. The lowest BCUT2D eigenvalue weighted by atomic mass is 10.1. The van der Waals surface area contributed by atoms with Crippen LogP contribution >= 0.6 is 12.2 Å². The molecular formula is C18H20F2N2OS. The maximum atomic E-state index is 13.2. The first-order chi connectivity index (χ1) is 11.3. The van der Waals surface area contributed by atoms with E-state index in [1.165, 1.54) is 17.2 Å². The molecule has 0 aliphatic heterocycles. The number of aryl methyl sites for hydroxylation is 2. The third-order valence-corrected chi connectivity index (χ3v) is 3.75. The first-order valence-electron chi connectivity index (χ1n) is 7.58. The summed E-state index contributed by atoms with van der Waals surface area (Å²) in [5, 5.41) is 6.17. The van der Waals surface area contributed by atoms with Crippen LogP contribution < -0.4 is 15.4 Å². The molecule has 24 heavy (non-hydrogen) atoms. The van der Waals surface area contributed by atoms with E-state index in [2.05, 4.69) is 10.6 Å². The molecule has 0 aliphatic carbocycles. The van der Waals surface area contributed by atoms with Crippen molar-refractivity contribution in [2.45, 2.75) is 26.8 Å². The molecule has 3 nitrogen and oxygen atoms in total. The Bertz CT molecular complexity index is 737. The number of rotatable bonds is 5. The van der Waals surface area contributed by atoms with Crippen LogP contribution in [0.1, 0.15) is 18.1 Å². The topological polar surface area (TPSA) is 33.3 Å². The summed E-state index contributed by atoms with van der Waals surface area (Å²) in [5.41, 5.74) is 2.77. The minimum absolute atomic E-state index is 0.0584. The summed E-state index contributed by atoms with van der Waals surface area (Å²) < 4.78 is 31.8. The Hall–Kier alpha value is -2.21. The van der Waals surface area contributed by atoms with Crippen molar-refractivity contribution >= 4 is 23.0 Å². The van der Waals surface area contributed by atoms with Gasteiger partial charge in [-0.05, 0) is 68.4 Å². The Morgan fingerprint density at radius 1 is 1.08 bits per heavy atom. The molecule has 1 unspecified atom stereocenters. The smallest absolute Gasteiger partial charge is 0.171 e. The predicted octanol–water partition coefficient (Wildman–Crippen LogP) is 4.34. The second-order valence-corrected chi connectivity index (χ2v) is 6.09. The fraction of sp³-hybridized carbons (Fsp3) is 0.278. The summed E-state index contributed by atoms with van der Waals surface area (Å²) in [7, 11) is 0. The van der Waals surface area contributed by atoms with E-state index in [1.54, 1.807) is 0 Å². The van der Waals surface area contributed by atoms with Crippen LogP contribution in [0.15, 0.2) is 36.4 Å². The van der Waals surface area contributed by atoms with E-state index >= 15 is 0 Å². The van der Waals surface area contributed by atoms with E-state index in [1.807, 2.05) is 39.0 Å². The van der Waals surface area contributed by atoms with Crippen molar-refractivity contribution in [2.75, 3.05) is 11.9 Å². The Balaban J connectivity index is 1.82. The molecule has 0 radical (unpaired) electrons. The highest BCUT2D eigenvalue weighted by Crippen LogP contribution is 2.16. The number of anilines is 1. The van der Waals surface area contributed by atoms with Crippen molar-refractivity contribution in [1.82, 2.24) is 5.32 Å². The second kappa shape index (κ2) is 8.06. The Morgan fingerprint density at radius 3 is 2.50 bits per heavy atom. The van der Waals surface area contributed by atoms with E-state index in [-0.39, 0.29) is 6.04 Å². The molecule has 2 aromatic rings. The highest BCUT2D eigenvalue weighted by molar-refractivity contribution is 7.80. The molecular weight excluding hydrogens is 330 g/mol. The van der Waals surface area contributed by atoms with Crippen molar-refractivity contribution < 1.29 is 13.5 Å². The maximum Gasteiger partial charge on any atom is 0.171 e. The molecule has 0 saturated carbocycles. The monoisotopic (exact) mass is 350 g/mol. The van der Waals surface area contributed by atoms with Gasteiger partial charge in [-0.15, -0.1) is 0 Å². The zero-order valence-corrected chi connectivity index (χ0v) is 14.6. The van der Waals surface area contributed by atoms with Crippen LogP contribution in [-0.4, -0.2) is 17.8 Å². The van der Waals surface area contributed by atoms with Gasteiger partial charge in [-0.1, -0.05) is 6.07 Å². The van der Waals surface area contributed by atoms with Crippen LogP contribution in [0, 0.1) is 25.5 Å². The molecule has 0 aliphatic rings. The van der Waals surface area contributed by atoms with Gasteiger partial charge in [-0.2, -0.15) is 0 Å². The fourth-order valence-electron chi connectivity index (χ4n) is 2.03. The molecule has 0 spiro atoms. The van der Waals surface area contributed by atoms with Crippen molar-refractivity contribution in [1.29, 1.82) is 0 Å². The van der Waals surface area contributed by atoms with Crippen molar-refractivity contribution in [3.05, 3.63) is 59.2 Å². The van der Waals surface area contributed by atoms with E-state index in [0.717, 1.165) is 17.9 Å². The fourth-order valence-corrected chi connectivity index (χ4v) is 2.35. The van der Waals surface area contributed by atoms with Gasteiger partial charge in [0.1, 0.15) is 12.4 Å². The van der Waals surface area contributed by atoms with Crippen molar-refractivity contribution in [2.24, 2.45) is 0 Å². The van der Waals surface area contributed by atoms with E-state index in [4.69, 9.17) is 17.0 Å². The highest BCUT2D eigenvalue weighted by Gasteiger charge is 2.08. The molecule has 0 aromatic heterocycles. The zero-order chi connectivity index (χ0) is 17.7. The molecule has 0 saturated heterocycles. The maximum absolute atomic E-state index is 13.2. The summed E-state index contributed by atoms with van der Waals surface area (Å²) in [6, 6.07) is 9.39. The number of ether oxygens (including phenoxy) is 1. The largest absolute Gasteiger partial charge is 0.491 e. The molecule has 2 rings (SSSR count). The third-order valence-electron chi connectivity index (χ3n) is 3.53. The van der Waals surface area contributed by atoms with Crippen molar-refractivity contribution in [3.8, 4) is 5.75 Å². The van der Waals surface area contributed by atoms with Gasteiger partial charge in [0.05, 0.1) is 6.04 Å². The van der Waals surface area contributed by atoms with Gasteiger partial charge in [0, 0.05) is 11.8 Å². The SMILES string of the molecule is Cc1ccc(OCC(C)NC(=S)Nc2ccc(F)c(F)c2)cc1C. The normalized spacial score (nSPS) is 11.7. The second-order valence-electron chi connectivity index (χ2n) is 5.69. The minimum Gasteiger partial charge on any atom is -0.491 e. The Labute approximate surface area is 146 Å². The number of hydrogen-bond donors (Lipinski definition) is 2. The van der Waals surface area contributed by atoms with Gasteiger partial charge in [-0.3, -0.25) is 0 Å². The van der Waals surface area contributed by atoms with Crippen LogP contribution in [-0.2, 0) is 0 Å². The number of thiocarbonyl (C=S) groups is 1. The molecule has 0 amide bonds. The lowest BCUT2D eigenvalue weighted by Crippen LogP contribution is -2.39. The molecule has 2 aromatic carbocycles. The minimum atomic E-state index is -0.922. The summed E-state index contributed by atoms with van der Waals surface area (Å²) in [6.45, 7) is 6.42. The van der Waals surface area contributed by atoms with Crippen molar-refractivity contribution in [3.63, 3.8) is 0 Å². The molecule has 1 atom stereocenters. The lowest BCUT2D eigenvalue weighted by Gasteiger charge is -2.18. The van der Waals surface area contributed by atoms with Crippen LogP contribution in [0.4, 0.5) is 14.5 Å². The number of halogens is 2. The Morgan fingerprint density at radius 2 is 1.83 bits per heavy atom. The first-order valence-corrected chi connectivity index (χ1v) is 7.98. The van der Waals surface area contributed by atoms with Crippen LogP contribution in [0.3, 0.4) is 0 Å². The van der Waals surface area contributed by atoms with Gasteiger partial charge in [-0.25, -0.2) is 8.78 Å². The number of benzene rings is 2. The molecule has 128 valence electrons. The first kappa shape index (κ1) is 18.1. The van der Waals surface area contributed by atoms with Gasteiger partial charge in [0.15, 0.2) is 16.7 Å². The average Bonchev–Trinajstić information content (AvgIpc) is 2.52. The van der Waals surface area contributed by atoms with Crippen LogP contribution in [0.25, 0.3) is 0 Å². The summed E-state index contributed by atoms with van der Waals surface area (Å²) in [4.78, 5) is 0. The third kappa shape index (κ3) is 5.16. The average molecular weight is 350 g/mol. The van der Waals surface area contributed by atoms with E-state index in [0.29, 0.717) is 17.4 Å². The number of hydrogen-bond acceptors (Lipinski definition) is 2. The lowest BCUT2D eigenvalue weighted by molar-refractivity contribution is 0.287. The van der Waals surface area contributed by atoms with Gasteiger partial charge >= 0.3 is 0 Å². The summed E-state index contributed by atoms with van der Waals surface area (Å²) in [6.07, 6.45) is 0. The van der Waals surface area contributed by atoms with Crippen LogP contribution in [0.2, 0.25) is 0 Å². The molecule has 0 bridgehead atoms. The van der Waals surface area contributed by atoms with E-state index < -0.39 is 11.6 Å². The quantitative estimate of drug-likeness (QED) is 0.786. The van der Waals surface area contributed by atoms with Crippen LogP contribution in [0.5, 0.6) is 5.75 Å². The summed E-state index contributed by atoms with van der Waals surface area (Å²) >= 11 is 5.16. The van der Waals surface area contributed by atoms with E-state index in [9.17, 15) is 8.78 Å². The van der Waals surface area contributed by atoms with Gasteiger partial charge < -0.3 is 15.4 Å².